The van der Waals surface area contributed by atoms with Crippen LogP contribution < -0.4 is 0 Å². The predicted molar refractivity (Wildman–Crippen MR) is 85.2 cm³/mol. The minimum atomic E-state index is -0.0936. The van der Waals surface area contributed by atoms with Gasteiger partial charge < -0.3 is 4.74 Å². The summed E-state index contributed by atoms with van der Waals surface area (Å²) in [7, 11) is 0.329. The van der Waals surface area contributed by atoms with Crippen molar-refractivity contribution in [3.63, 3.8) is 0 Å². The number of fused-ring (bicyclic) bond motifs is 1. The maximum absolute atomic E-state index is 12.5. The molecule has 1 aliphatic heterocycles. The van der Waals surface area contributed by atoms with Gasteiger partial charge >= 0.3 is 5.97 Å². The minimum Gasteiger partial charge on any atom is -0.455 e. The Balaban J connectivity index is 1.27. The average Bonchev–Trinajstić information content (AvgIpc) is 2.91. The van der Waals surface area contributed by atoms with Crippen LogP contribution in [0.2, 0.25) is 0 Å². The van der Waals surface area contributed by atoms with Gasteiger partial charge in [-0.05, 0) is 85.9 Å². The second-order valence-electron chi connectivity index (χ2n) is 8.55. The van der Waals surface area contributed by atoms with Crippen LogP contribution in [-0.2, 0) is 20.4 Å². The van der Waals surface area contributed by atoms with E-state index in [1.165, 1.54) is 56.5 Å². The van der Waals surface area contributed by atoms with Crippen molar-refractivity contribution in [3.8, 4) is 0 Å². The quantitative estimate of drug-likeness (QED) is 0.591. The molecule has 5 fully saturated rings. The van der Waals surface area contributed by atoms with Gasteiger partial charge in [0.25, 0.3) is 0 Å². The van der Waals surface area contributed by atoms with Crippen LogP contribution in [-0.4, -0.2) is 28.8 Å². The molecule has 6 atom stereocenters. The molecule has 1 saturated heterocycles. The van der Waals surface area contributed by atoms with E-state index in [9.17, 15) is 4.79 Å². The number of carbonyl (C=O) groups is 1. The third-order valence-electron chi connectivity index (χ3n) is 7.95. The minimum absolute atomic E-state index is 0.0936. The lowest BCUT2D eigenvalue weighted by molar-refractivity contribution is -0.245. The molecule has 0 aromatic rings. The zero-order valence-corrected chi connectivity index (χ0v) is 13.9. The van der Waals surface area contributed by atoms with E-state index in [0.29, 0.717) is 28.1 Å². The summed E-state index contributed by atoms with van der Waals surface area (Å²) in [5.74, 6) is 6.78. The van der Waals surface area contributed by atoms with Crippen molar-refractivity contribution >= 4 is 16.9 Å². The molecular formula is C18H27O2S+. The summed E-state index contributed by atoms with van der Waals surface area (Å²) < 4.78 is 6.20. The van der Waals surface area contributed by atoms with Gasteiger partial charge in [0.2, 0.25) is 5.75 Å². The molecule has 6 unspecified atom stereocenters. The first-order chi connectivity index (χ1) is 10.1. The number of esters is 1. The molecule has 0 N–H and O–H groups in total. The van der Waals surface area contributed by atoms with Crippen molar-refractivity contribution in [1.82, 2.24) is 0 Å². The van der Waals surface area contributed by atoms with Crippen LogP contribution in [0.1, 0.15) is 51.9 Å². The average molecular weight is 307 g/mol. The van der Waals surface area contributed by atoms with Gasteiger partial charge in [0, 0.05) is 5.92 Å². The highest BCUT2D eigenvalue weighted by Gasteiger charge is 2.81. The van der Waals surface area contributed by atoms with Crippen LogP contribution in [0.3, 0.4) is 0 Å². The fourth-order valence-electron chi connectivity index (χ4n) is 6.95. The summed E-state index contributed by atoms with van der Waals surface area (Å²) in [6.45, 7) is 2.28. The monoisotopic (exact) mass is 307 g/mol. The van der Waals surface area contributed by atoms with Crippen LogP contribution in [0, 0.1) is 29.1 Å². The Bertz CT molecular complexity index is 486. The summed E-state index contributed by atoms with van der Waals surface area (Å²) in [6, 6.07) is 0. The molecule has 2 bridgehead atoms. The standard InChI is InChI=1S/C18H27O2S/c1-17(20-16(19)11-21-5-3-2-4-6-21)14-8-12-7-13-9-15(17)18(12,13)10-14/h12-15H,2-11H2,1H3/q+1. The first-order valence-electron chi connectivity index (χ1n) is 8.99. The van der Waals surface area contributed by atoms with Crippen LogP contribution in [0.4, 0.5) is 0 Å². The number of hydrogen-bond donors (Lipinski definition) is 0. The van der Waals surface area contributed by atoms with Gasteiger partial charge in [0.1, 0.15) is 17.1 Å². The highest BCUT2D eigenvalue weighted by molar-refractivity contribution is 7.97. The van der Waals surface area contributed by atoms with E-state index >= 15 is 0 Å². The van der Waals surface area contributed by atoms with Gasteiger partial charge in [-0.15, -0.1) is 0 Å². The Morgan fingerprint density at radius 3 is 2.52 bits per heavy atom. The first kappa shape index (κ1) is 13.3. The van der Waals surface area contributed by atoms with Gasteiger partial charge in [0.15, 0.2) is 0 Å². The van der Waals surface area contributed by atoms with E-state index < -0.39 is 0 Å². The van der Waals surface area contributed by atoms with E-state index in [-0.39, 0.29) is 11.6 Å². The molecule has 0 amide bonds. The molecule has 21 heavy (non-hydrogen) atoms. The Morgan fingerprint density at radius 1 is 1.10 bits per heavy atom. The van der Waals surface area contributed by atoms with Crippen LogP contribution >= 0.6 is 0 Å². The van der Waals surface area contributed by atoms with E-state index in [1.807, 2.05) is 0 Å². The zero-order valence-electron chi connectivity index (χ0n) is 13.1. The molecule has 4 aliphatic carbocycles. The fourth-order valence-corrected chi connectivity index (χ4v) is 9.06. The highest BCUT2D eigenvalue weighted by atomic mass is 32.2. The largest absolute Gasteiger partial charge is 0.455 e. The van der Waals surface area contributed by atoms with Gasteiger partial charge in [-0.1, -0.05) is 0 Å². The Hall–Kier alpha value is -0.180. The smallest absolute Gasteiger partial charge is 0.356 e. The number of hydrogen-bond acceptors (Lipinski definition) is 2. The van der Waals surface area contributed by atoms with Crippen LogP contribution in [0.15, 0.2) is 0 Å². The Kier molecular flexibility index (Phi) is 2.66. The first-order valence-corrected chi connectivity index (χ1v) is 10.7. The van der Waals surface area contributed by atoms with Gasteiger partial charge in [-0.25, -0.2) is 4.79 Å². The third-order valence-corrected chi connectivity index (χ3v) is 10.3. The van der Waals surface area contributed by atoms with Crippen LogP contribution in [0.5, 0.6) is 0 Å². The highest BCUT2D eigenvalue weighted by Crippen LogP contribution is 2.84. The Morgan fingerprint density at radius 2 is 1.81 bits per heavy atom. The van der Waals surface area contributed by atoms with Crippen molar-refractivity contribution in [2.75, 3.05) is 17.3 Å². The molecule has 1 spiro atoms. The molecule has 0 aromatic carbocycles. The van der Waals surface area contributed by atoms with E-state index in [1.54, 1.807) is 0 Å². The maximum Gasteiger partial charge on any atom is 0.356 e. The predicted octanol–water partition coefficient (Wildman–Crippen LogP) is 3.16. The number of rotatable bonds is 3. The molecule has 4 saturated carbocycles. The van der Waals surface area contributed by atoms with Crippen molar-refractivity contribution < 1.29 is 9.53 Å². The normalized spacial score (nSPS) is 53.8. The number of carbonyl (C=O) groups excluding carboxylic acids is 1. The summed E-state index contributed by atoms with van der Waals surface area (Å²) in [5, 5.41) is 0. The van der Waals surface area contributed by atoms with E-state index in [0.717, 1.165) is 17.6 Å². The van der Waals surface area contributed by atoms with Crippen LogP contribution in [0.25, 0.3) is 0 Å². The molecule has 5 rings (SSSR count). The number of ether oxygens (including phenoxy) is 1. The van der Waals surface area contributed by atoms with Crippen molar-refractivity contribution in [3.05, 3.63) is 0 Å². The summed E-state index contributed by atoms with van der Waals surface area (Å²) in [6.07, 6.45) is 9.58. The molecule has 116 valence electrons. The molecular weight excluding hydrogens is 280 g/mol. The summed E-state index contributed by atoms with van der Waals surface area (Å²) in [4.78, 5) is 12.5. The molecule has 5 aliphatic rings. The third kappa shape index (κ3) is 1.55. The Labute approximate surface area is 130 Å². The molecule has 2 nitrogen and oxygen atoms in total. The van der Waals surface area contributed by atoms with Gasteiger partial charge in [-0.2, -0.15) is 0 Å². The van der Waals surface area contributed by atoms with E-state index in [4.69, 9.17) is 4.74 Å². The van der Waals surface area contributed by atoms with Crippen molar-refractivity contribution in [1.29, 1.82) is 0 Å². The lowest BCUT2D eigenvalue weighted by Gasteiger charge is -2.69. The van der Waals surface area contributed by atoms with E-state index in [2.05, 4.69) is 6.92 Å². The van der Waals surface area contributed by atoms with Crippen molar-refractivity contribution in [2.24, 2.45) is 29.1 Å². The summed E-state index contributed by atoms with van der Waals surface area (Å²) in [5.41, 5.74) is 0.552. The lowest BCUT2D eigenvalue weighted by Crippen LogP contribution is -2.66. The molecule has 3 heteroatoms. The lowest BCUT2D eigenvalue weighted by atomic mass is 9.36. The van der Waals surface area contributed by atoms with Gasteiger partial charge in [-0.3, -0.25) is 0 Å². The van der Waals surface area contributed by atoms with Gasteiger partial charge in [0.05, 0.1) is 0 Å². The zero-order chi connectivity index (χ0) is 14.2. The summed E-state index contributed by atoms with van der Waals surface area (Å²) >= 11 is 0. The second kappa shape index (κ2) is 4.21. The fraction of sp³-hybridized carbons (Fsp3) is 0.944. The molecule has 1 heterocycles. The molecule has 0 aromatic heterocycles. The second-order valence-corrected chi connectivity index (χ2v) is 10.9. The van der Waals surface area contributed by atoms with Crippen molar-refractivity contribution in [2.45, 2.75) is 57.5 Å². The topological polar surface area (TPSA) is 26.3 Å². The maximum atomic E-state index is 12.5. The SMILES string of the molecule is CC1(OC(=O)C[S+]2CCCCC2)C2CC3CC4CC1C34C2. The molecule has 0 radical (unpaired) electrons.